The molecule has 0 saturated carbocycles. The molecule has 0 spiro atoms. The van der Waals surface area contributed by atoms with Crippen LogP contribution in [-0.4, -0.2) is 30.3 Å². The molecule has 0 aliphatic heterocycles. The molecule has 0 radical (unpaired) electrons. The molecule has 142 valence electrons. The Labute approximate surface area is 145 Å². The summed E-state index contributed by atoms with van der Waals surface area (Å²) in [6.45, 7) is 0. The van der Waals surface area contributed by atoms with E-state index >= 15 is 0 Å². The number of carbonyl (C=O) groups is 1. The highest BCUT2D eigenvalue weighted by Crippen LogP contribution is 2.50. The van der Waals surface area contributed by atoms with Crippen LogP contribution >= 0.6 is 11.3 Å². The zero-order valence-electron chi connectivity index (χ0n) is 12.4. The van der Waals surface area contributed by atoms with Gasteiger partial charge in [-0.15, -0.1) is 11.3 Å². The van der Waals surface area contributed by atoms with Crippen molar-refractivity contribution in [3.8, 4) is 10.4 Å². The normalized spacial score (nSPS) is 15.0. The molecule has 2 aromatic rings. The lowest BCUT2D eigenvalue weighted by molar-refractivity contribution is -0.391. The van der Waals surface area contributed by atoms with Crippen molar-refractivity contribution in [2.75, 3.05) is 0 Å². The highest BCUT2D eigenvalue weighted by Gasteiger charge is 2.79. The van der Waals surface area contributed by atoms with Crippen LogP contribution in [0.4, 0.5) is 35.1 Å². The van der Waals surface area contributed by atoms with Crippen LogP contribution in [0, 0.1) is 0 Å². The lowest BCUT2D eigenvalue weighted by atomic mass is 10.0. The first kappa shape index (κ1) is 20.1. The van der Waals surface area contributed by atoms with Gasteiger partial charge in [0.1, 0.15) is 0 Å². The largest absolute Gasteiger partial charge is 0.450 e. The number of carbonyl (C=O) groups excluding carboxylic acids is 1. The van der Waals surface area contributed by atoms with Crippen molar-refractivity contribution in [3.63, 3.8) is 0 Å². The van der Waals surface area contributed by atoms with Crippen molar-refractivity contribution in [2.45, 2.75) is 24.4 Å². The van der Waals surface area contributed by atoms with Crippen molar-refractivity contribution in [1.82, 2.24) is 0 Å². The predicted molar refractivity (Wildman–Crippen MR) is 76.0 cm³/mol. The van der Waals surface area contributed by atoms with E-state index in [1.54, 1.807) is 11.4 Å². The first-order valence-electron chi connectivity index (χ1n) is 6.69. The van der Waals surface area contributed by atoms with E-state index in [4.69, 9.17) is 0 Å². The number of esters is 1. The minimum absolute atomic E-state index is 0.0109. The second-order valence-electron chi connectivity index (χ2n) is 4.94. The maximum atomic E-state index is 13.6. The van der Waals surface area contributed by atoms with Crippen molar-refractivity contribution < 1.29 is 44.7 Å². The number of thiophene rings is 1. The Morgan fingerprint density at radius 1 is 0.962 bits per heavy atom. The van der Waals surface area contributed by atoms with Gasteiger partial charge < -0.3 is 4.74 Å². The SMILES string of the molecule is O=C(OC(F)(F)C(F)(C(F)F)C(F)(F)F)c1ccccc1-c1cccs1. The second kappa shape index (κ2) is 6.86. The van der Waals surface area contributed by atoms with E-state index in [1.807, 2.05) is 0 Å². The highest BCUT2D eigenvalue weighted by molar-refractivity contribution is 7.13. The average molecular weight is 404 g/mol. The third kappa shape index (κ3) is 3.39. The van der Waals surface area contributed by atoms with E-state index in [2.05, 4.69) is 4.74 Å². The van der Waals surface area contributed by atoms with Crippen molar-refractivity contribution in [3.05, 3.63) is 47.3 Å². The van der Waals surface area contributed by atoms with Gasteiger partial charge >= 0.3 is 23.9 Å². The van der Waals surface area contributed by atoms with Crippen LogP contribution in [0.5, 0.6) is 0 Å². The fourth-order valence-corrected chi connectivity index (χ4v) is 2.74. The van der Waals surface area contributed by atoms with E-state index in [9.17, 15) is 39.9 Å². The summed E-state index contributed by atoms with van der Waals surface area (Å²) >= 11 is 1.07. The molecule has 0 saturated heterocycles. The van der Waals surface area contributed by atoms with E-state index in [0.717, 1.165) is 17.4 Å². The molecule has 11 heteroatoms. The van der Waals surface area contributed by atoms with Gasteiger partial charge in [0, 0.05) is 10.4 Å². The van der Waals surface area contributed by atoms with Crippen LogP contribution in [0.1, 0.15) is 10.4 Å². The van der Waals surface area contributed by atoms with Crippen LogP contribution in [0.25, 0.3) is 10.4 Å². The summed E-state index contributed by atoms with van der Waals surface area (Å²) in [4.78, 5) is 12.3. The van der Waals surface area contributed by atoms with Crippen molar-refractivity contribution in [1.29, 1.82) is 0 Å². The molecule has 1 aromatic heterocycles. The molecule has 0 bridgehead atoms. The molecular weight excluding hydrogens is 396 g/mol. The number of alkyl halides is 8. The van der Waals surface area contributed by atoms with Crippen molar-refractivity contribution in [2.24, 2.45) is 0 Å². The Morgan fingerprint density at radius 3 is 2.08 bits per heavy atom. The Bertz CT molecular complexity index is 772. The standard InChI is InChI=1S/C15H8F8O2S/c16-12(17)13(18,14(19,20)21)15(22,23)25-11(24)9-5-2-1-4-8(9)10-6-3-7-26-10/h1-7,12H. The smallest absolute Gasteiger partial charge is 0.394 e. The lowest BCUT2D eigenvalue weighted by Gasteiger charge is -2.32. The molecule has 1 heterocycles. The molecule has 2 nitrogen and oxygen atoms in total. The van der Waals surface area contributed by atoms with Gasteiger partial charge in [-0.05, 0) is 17.5 Å². The second-order valence-corrected chi connectivity index (χ2v) is 5.89. The van der Waals surface area contributed by atoms with E-state index in [1.165, 1.54) is 24.3 Å². The van der Waals surface area contributed by atoms with Gasteiger partial charge in [-0.3, -0.25) is 0 Å². The minimum atomic E-state index is -6.68. The molecule has 1 aromatic carbocycles. The minimum Gasteiger partial charge on any atom is -0.394 e. The summed E-state index contributed by atoms with van der Waals surface area (Å²) in [6, 6.07) is 7.82. The zero-order chi connectivity index (χ0) is 19.8. The molecule has 2 rings (SSSR count). The molecule has 0 aliphatic rings. The summed E-state index contributed by atoms with van der Waals surface area (Å²) in [6.07, 6.45) is -18.0. The molecular formula is C15H8F8O2S. The summed E-state index contributed by atoms with van der Waals surface area (Å²) in [5.74, 6) is -2.08. The number of ether oxygens (including phenoxy) is 1. The zero-order valence-corrected chi connectivity index (χ0v) is 13.2. The predicted octanol–water partition coefficient (Wildman–Crippen LogP) is 5.70. The average Bonchev–Trinajstić information content (AvgIpc) is 3.06. The number of halogens is 8. The first-order valence-corrected chi connectivity index (χ1v) is 7.57. The summed E-state index contributed by atoms with van der Waals surface area (Å²) in [5.41, 5.74) is -6.97. The Hall–Kier alpha value is -2.17. The fraction of sp³-hybridized carbons (Fsp3) is 0.267. The molecule has 0 N–H and O–H groups in total. The van der Waals surface area contributed by atoms with Gasteiger partial charge in [-0.1, -0.05) is 24.3 Å². The van der Waals surface area contributed by atoms with Crippen LogP contribution < -0.4 is 0 Å². The Kier molecular flexibility index (Phi) is 5.31. The van der Waals surface area contributed by atoms with Crippen LogP contribution in [-0.2, 0) is 4.74 Å². The lowest BCUT2D eigenvalue weighted by Crippen LogP contribution is -2.61. The number of hydrogen-bond donors (Lipinski definition) is 0. The first-order chi connectivity index (χ1) is 11.9. The molecule has 1 unspecified atom stereocenters. The van der Waals surface area contributed by atoms with Crippen LogP contribution in [0.15, 0.2) is 41.8 Å². The van der Waals surface area contributed by atoms with Gasteiger partial charge in [0.15, 0.2) is 0 Å². The topological polar surface area (TPSA) is 26.3 Å². The monoisotopic (exact) mass is 404 g/mol. The Balaban J connectivity index is 2.41. The number of hydrogen-bond acceptors (Lipinski definition) is 3. The van der Waals surface area contributed by atoms with E-state index in [-0.39, 0.29) is 5.56 Å². The van der Waals surface area contributed by atoms with E-state index in [0.29, 0.717) is 4.88 Å². The third-order valence-electron chi connectivity index (χ3n) is 3.29. The number of benzene rings is 1. The molecule has 0 amide bonds. The Morgan fingerprint density at radius 2 is 1.58 bits per heavy atom. The van der Waals surface area contributed by atoms with Gasteiger partial charge in [0.25, 0.3) is 6.43 Å². The van der Waals surface area contributed by atoms with Gasteiger partial charge in [0.05, 0.1) is 5.56 Å². The van der Waals surface area contributed by atoms with E-state index < -0.39 is 35.9 Å². The van der Waals surface area contributed by atoms with Gasteiger partial charge in [0.2, 0.25) is 0 Å². The third-order valence-corrected chi connectivity index (χ3v) is 4.19. The number of rotatable bonds is 5. The maximum absolute atomic E-state index is 13.6. The molecule has 0 fully saturated rings. The summed E-state index contributed by atoms with van der Waals surface area (Å²) in [5, 5.41) is 1.57. The quantitative estimate of drug-likeness (QED) is 0.472. The molecule has 1 atom stereocenters. The van der Waals surface area contributed by atoms with Crippen LogP contribution in [0.3, 0.4) is 0 Å². The highest BCUT2D eigenvalue weighted by atomic mass is 32.1. The molecule has 0 aliphatic carbocycles. The molecule has 26 heavy (non-hydrogen) atoms. The summed E-state index contributed by atoms with van der Waals surface area (Å²) in [7, 11) is 0. The van der Waals surface area contributed by atoms with Gasteiger partial charge in [-0.25, -0.2) is 18.0 Å². The maximum Gasteiger partial charge on any atom is 0.450 e. The summed E-state index contributed by atoms with van der Waals surface area (Å²) < 4.78 is 106. The van der Waals surface area contributed by atoms with Crippen molar-refractivity contribution >= 4 is 17.3 Å². The van der Waals surface area contributed by atoms with Gasteiger partial charge in [-0.2, -0.15) is 22.0 Å². The fourth-order valence-electron chi connectivity index (χ4n) is 1.97. The van der Waals surface area contributed by atoms with Crippen LogP contribution in [0.2, 0.25) is 0 Å².